The van der Waals surface area contributed by atoms with Crippen LogP contribution in [0.1, 0.15) is 80.9 Å². The molecule has 0 aromatic heterocycles. The minimum absolute atomic E-state index is 0.177. The number of rotatable bonds is 10. The van der Waals surface area contributed by atoms with Gasteiger partial charge in [0.15, 0.2) is 0 Å². The minimum Gasteiger partial charge on any atom is -0.488 e. The van der Waals surface area contributed by atoms with Crippen LogP contribution in [0.25, 0.3) is 0 Å². The molecule has 2 heterocycles. The van der Waals surface area contributed by atoms with Crippen molar-refractivity contribution >= 4 is 0 Å². The summed E-state index contributed by atoms with van der Waals surface area (Å²) < 4.78 is 23.2. The van der Waals surface area contributed by atoms with Crippen LogP contribution in [-0.4, -0.2) is 37.6 Å². The predicted octanol–water partition coefficient (Wildman–Crippen LogP) is 6.55. The normalized spacial score (nSPS) is 28.1. The van der Waals surface area contributed by atoms with E-state index in [1.807, 2.05) is 0 Å². The Labute approximate surface area is 198 Å². The smallest absolute Gasteiger partial charge is 0.127 e. The zero-order valence-corrected chi connectivity index (χ0v) is 20.3. The van der Waals surface area contributed by atoms with Gasteiger partial charge >= 0.3 is 0 Å². The van der Waals surface area contributed by atoms with Crippen LogP contribution in [0, 0.1) is 6.92 Å². The third-order valence-electron chi connectivity index (χ3n) is 7.67. The summed E-state index contributed by atoms with van der Waals surface area (Å²) in [6.45, 7) is 8.17. The maximum atomic E-state index is 6.25. The Hall–Kier alpha value is -2.04. The Morgan fingerprint density at radius 2 is 1.27 bits per heavy atom. The molecule has 5 rings (SSSR count). The van der Waals surface area contributed by atoms with Gasteiger partial charge in [-0.25, -0.2) is 0 Å². The highest BCUT2D eigenvalue weighted by molar-refractivity contribution is 5.38. The molecule has 1 aliphatic carbocycles. The lowest BCUT2D eigenvalue weighted by Crippen LogP contribution is -2.22. The van der Waals surface area contributed by atoms with E-state index in [0.29, 0.717) is 11.8 Å². The zero-order valence-electron chi connectivity index (χ0n) is 20.3. The molecule has 0 bridgehead atoms. The van der Waals surface area contributed by atoms with E-state index in [0.717, 1.165) is 37.6 Å². The van der Waals surface area contributed by atoms with Gasteiger partial charge in [-0.1, -0.05) is 38.1 Å². The van der Waals surface area contributed by atoms with Crippen LogP contribution in [0.15, 0.2) is 42.5 Å². The van der Waals surface area contributed by atoms with Gasteiger partial charge in [0.25, 0.3) is 0 Å². The summed E-state index contributed by atoms with van der Waals surface area (Å²) in [6, 6.07) is 15.6. The van der Waals surface area contributed by atoms with Crippen LogP contribution in [0.3, 0.4) is 0 Å². The number of epoxide rings is 2. The Bertz CT molecular complexity index is 908. The van der Waals surface area contributed by atoms with Crippen molar-refractivity contribution in [2.24, 2.45) is 0 Å². The molecule has 4 atom stereocenters. The average Bonchev–Trinajstić information content (AvgIpc) is 3.76. The lowest BCUT2D eigenvalue weighted by atomic mass is 9.76. The van der Waals surface area contributed by atoms with Crippen LogP contribution in [0.4, 0.5) is 0 Å². The van der Waals surface area contributed by atoms with Crippen LogP contribution in [-0.2, 0) is 9.47 Å². The molecule has 2 aliphatic heterocycles. The van der Waals surface area contributed by atoms with Gasteiger partial charge in [0.1, 0.15) is 35.9 Å². The van der Waals surface area contributed by atoms with Gasteiger partial charge in [-0.2, -0.15) is 0 Å². The molecule has 4 unspecified atom stereocenters. The molecule has 0 N–H and O–H groups in total. The largest absolute Gasteiger partial charge is 0.488 e. The van der Waals surface area contributed by atoms with E-state index in [2.05, 4.69) is 63.2 Å². The van der Waals surface area contributed by atoms with Crippen molar-refractivity contribution in [3.8, 4) is 11.5 Å². The van der Waals surface area contributed by atoms with E-state index in [1.54, 1.807) is 0 Å². The van der Waals surface area contributed by atoms with Gasteiger partial charge in [-0.15, -0.1) is 0 Å². The van der Waals surface area contributed by atoms with E-state index < -0.39 is 0 Å². The standard InChI is InChI=1S/C29H38O4/c1-4-25(28-17-30-28)32-24-13-10-21(11-14-24)20-6-8-22(9-7-20)23-12-15-27(19(3)16-23)33-26(5-2)29-18-31-29/h10-16,20,22,25-26,28-29H,4-9,17-18H2,1-3H3. The van der Waals surface area contributed by atoms with Gasteiger partial charge in [0.2, 0.25) is 0 Å². The van der Waals surface area contributed by atoms with E-state index in [9.17, 15) is 0 Å². The molecule has 0 amide bonds. The molecule has 3 aliphatic rings. The monoisotopic (exact) mass is 450 g/mol. The molecule has 1 saturated carbocycles. The summed E-state index contributed by atoms with van der Waals surface area (Å²) in [5, 5.41) is 0. The van der Waals surface area contributed by atoms with Crippen molar-refractivity contribution in [3.05, 3.63) is 59.2 Å². The highest BCUT2D eigenvalue weighted by Gasteiger charge is 2.34. The van der Waals surface area contributed by atoms with E-state index in [1.165, 1.54) is 42.4 Å². The SMILES string of the molecule is CCC(Oc1ccc(C2CCC(c3ccc(OC(CC)C4CO4)c(C)c3)CC2)cc1)C1CO1. The highest BCUT2D eigenvalue weighted by atomic mass is 16.6. The first kappa shape index (κ1) is 22.7. The third-order valence-corrected chi connectivity index (χ3v) is 7.67. The molecular formula is C29H38O4. The quantitative estimate of drug-likeness (QED) is 0.385. The molecular weight excluding hydrogens is 412 g/mol. The fraction of sp³-hybridized carbons (Fsp3) is 0.586. The van der Waals surface area contributed by atoms with E-state index in [4.69, 9.17) is 18.9 Å². The third kappa shape index (κ3) is 5.55. The number of hydrogen-bond donors (Lipinski definition) is 0. The second kappa shape index (κ2) is 10.1. The van der Waals surface area contributed by atoms with Crippen molar-refractivity contribution in [2.75, 3.05) is 13.2 Å². The van der Waals surface area contributed by atoms with Gasteiger partial charge in [0, 0.05) is 0 Å². The summed E-state index contributed by atoms with van der Waals surface area (Å²) in [5.41, 5.74) is 4.15. The molecule has 4 nitrogen and oxygen atoms in total. The van der Waals surface area contributed by atoms with Gasteiger partial charge in [0.05, 0.1) is 13.2 Å². The minimum atomic E-state index is 0.177. The molecule has 0 spiro atoms. The first-order valence-electron chi connectivity index (χ1n) is 12.9. The first-order chi connectivity index (χ1) is 16.1. The van der Waals surface area contributed by atoms with Crippen LogP contribution in [0.5, 0.6) is 11.5 Å². The molecule has 4 heteroatoms. The number of ether oxygens (including phenoxy) is 4. The second-order valence-corrected chi connectivity index (χ2v) is 10.0. The molecule has 2 saturated heterocycles. The predicted molar refractivity (Wildman–Crippen MR) is 130 cm³/mol. The fourth-order valence-electron chi connectivity index (χ4n) is 5.36. The molecule has 0 radical (unpaired) electrons. The van der Waals surface area contributed by atoms with E-state index in [-0.39, 0.29) is 24.4 Å². The summed E-state index contributed by atoms with van der Waals surface area (Å²) in [6.07, 6.45) is 7.87. The lowest BCUT2D eigenvalue weighted by molar-refractivity contribution is 0.154. The summed E-state index contributed by atoms with van der Waals surface area (Å²) in [4.78, 5) is 0. The maximum Gasteiger partial charge on any atom is 0.127 e. The maximum absolute atomic E-state index is 6.25. The molecule has 2 aromatic carbocycles. The second-order valence-electron chi connectivity index (χ2n) is 10.0. The van der Waals surface area contributed by atoms with E-state index >= 15 is 0 Å². The highest BCUT2D eigenvalue weighted by Crippen LogP contribution is 2.41. The molecule has 2 aromatic rings. The summed E-state index contributed by atoms with van der Waals surface area (Å²) >= 11 is 0. The van der Waals surface area contributed by atoms with Gasteiger partial charge in [-0.05, 0) is 92.2 Å². The Balaban J connectivity index is 1.15. The van der Waals surface area contributed by atoms with Gasteiger partial charge < -0.3 is 18.9 Å². The fourth-order valence-corrected chi connectivity index (χ4v) is 5.36. The van der Waals surface area contributed by atoms with Crippen molar-refractivity contribution in [3.63, 3.8) is 0 Å². The molecule has 3 fully saturated rings. The zero-order chi connectivity index (χ0) is 22.8. The van der Waals surface area contributed by atoms with Crippen molar-refractivity contribution in [2.45, 2.75) is 95.5 Å². The number of benzene rings is 2. The Morgan fingerprint density at radius 1 is 0.758 bits per heavy atom. The summed E-state index contributed by atoms with van der Waals surface area (Å²) in [5.74, 6) is 3.27. The number of hydrogen-bond acceptors (Lipinski definition) is 4. The Kier molecular flexibility index (Phi) is 6.94. The van der Waals surface area contributed by atoms with Crippen LogP contribution >= 0.6 is 0 Å². The average molecular weight is 451 g/mol. The van der Waals surface area contributed by atoms with Gasteiger partial charge in [-0.3, -0.25) is 0 Å². The number of aryl methyl sites for hydroxylation is 1. The van der Waals surface area contributed by atoms with Crippen molar-refractivity contribution in [1.82, 2.24) is 0 Å². The summed E-state index contributed by atoms with van der Waals surface area (Å²) in [7, 11) is 0. The van der Waals surface area contributed by atoms with Crippen molar-refractivity contribution < 1.29 is 18.9 Å². The topological polar surface area (TPSA) is 43.5 Å². The lowest BCUT2D eigenvalue weighted by Gasteiger charge is -2.30. The van der Waals surface area contributed by atoms with Crippen LogP contribution < -0.4 is 9.47 Å². The first-order valence-corrected chi connectivity index (χ1v) is 12.9. The molecule has 33 heavy (non-hydrogen) atoms. The molecule has 178 valence electrons. The van der Waals surface area contributed by atoms with Crippen LogP contribution in [0.2, 0.25) is 0 Å². The van der Waals surface area contributed by atoms with Crippen molar-refractivity contribution in [1.29, 1.82) is 0 Å². The Morgan fingerprint density at radius 3 is 1.79 bits per heavy atom.